The number of aliphatic hydroxyl groups is 1. The Morgan fingerprint density at radius 1 is 1.19 bits per heavy atom. The van der Waals surface area contributed by atoms with Crippen LogP contribution < -0.4 is 10.1 Å². The van der Waals surface area contributed by atoms with Gasteiger partial charge in [-0.2, -0.15) is 0 Å². The van der Waals surface area contributed by atoms with Gasteiger partial charge in [-0.3, -0.25) is 9.69 Å². The Morgan fingerprint density at radius 3 is 2.74 bits per heavy atom. The number of imide groups is 1. The molecule has 2 aromatic carbocycles. The molecule has 140 valence electrons. The zero-order valence-corrected chi connectivity index (χ0v) is 15.1. The highest BCUT2D eigenvalue weighted by Crippen LogP contribution is 2.41. The lowest BCUT2D eigenvalue weighted by molar-refractivity contribution is -0.132. The third kappa shape index (κ3) is 2.96. The Hall–Kier alpha value is -2.86. The lowest BCUT2D eigenvalue weighted by Gasteiger charge is -2.23. The van der Waals surface area contributed by atoms with Gasteiger partial charge in [0.25, 0.3) is 5.91 Å². The van der Waals surface area contributed by atoms with Crippen LogP contribution in [0.25, 0.3) is 0 Å². The standard InChI is InChI=1S/C21H22N2O4/c1-14-6-2-5-9-18(14)27-13-16(24)12-23-19(25)21(22-20(23)26)11-10-15-7-3-4-8-17(15)21/h2-9,16,24H,10-13H2,1H3,(H,22,26)/t16-,21-/m0/s1. The van der Waals surface area contributed by atoms with Crippen molar-refractivity contribution in [2.45, 2.75) is 31.4 Å². The van der Waals surface area contributed by atoms with Crippen LogP contribution >= 0.6 is 0 Å². The van der Waals surface area contributed by atoms with Crippen LogP contribution in [-0.4, -0.2) is 41.2 Å². The Balaban J connectivity index is 1.45. The number of rotatable bonds is 5. The maximum absolute atomic E-state index is 13.1. The second-order valence-corrected chi connectivity index (χ2v) is 7.14. The third-order valence-corrected chi connectivity index (χ3v) is 5.34. The van der Waals surface area contributed by atoms with Crippen LogP contribution in [0.15, 0.2) is 48.5 Å². The minimum Gasteiger partial charge on any atom is -0.491 e. The van der Waals surface area contributed by atoms with Crippen molar-refractivity contribution in [3.8, 4) is 5.75 Å². The largest absolute Gasteiger partial charge is 0.491 e. The van der Waals surface area contributed by atoms with Gasteiger partial charge in [-0.15, -0.1) is 0 Å². The van der Waals surface area contributed by atoms with Crippen LogP contribution in [0.1, 0.15) is 23.1 Å². The first-order valence-electron chi connectivity index (χ1n) is 9.10. The number of carbonyl (C=O) groups is 2. The van der Waals surface area contributed by atoms with Crippen molar-refractivity contribution in [1.29, 1.82) is 0 Å². The molecule has 1 aliphatic carbocycles. The highest BCUT2D eigenvalue weighted by molar-refractivity contribution is 6.08. The number of hydrogen-bond donors (Lipinski definition) is 2. The van der Waals surface area contributed by atoms with Crippen LogP contribution in [0.4, 0.5) is 4.79 Å². The van der Waals surface area contributed by atoms with E-state index in [-0.39, 0.29) is 19.1 Å². The first kappa shape index (κ1) is 17.5. The molecule has 2 N–H and O–H groups in total. The lowest BCUT2D eigenvalue weighted by Crippen LogP contribution is -2.43. The van der Waals surface area contributed by atoms with E-state index in [2.05, 4.69) is 5.32 Å². The molecule has 0 unspecified atom stereocenters. The molecule has 0 aromatic heterocycles. The predicted molar refractivity (Wildman–Crippen MR) is 99.4 cm³/mol. The number of benzene rings is 2. The van der Waals surface area contributed by atoms with E-state index >= 15 is 0 Å². The number of para-hydroxylation sites is 1. The van der Waals surface area contributed by atoms with Crippen LogP contribution in [0.3, 0.4) is 0 Å². The van der Waals surface area contributed by atoms with E-state index in [1.54, 1.807) is 0 Å². The second-order valence-electron chi connectivity index (χ2n) is 7.14. The number of carbonyl (C=O) groups excluding carboxylic acids is 2. The molecule has 6 heteroatoms. The number of nitrogens with one attached hydrogen (secondary N) is 1. The van der Waals surface area contributed by atoms with Crippen molar-refractivity contribution in [2.24, 2.45) is 0 Å². The van der Waals surface area contributed by atoms with Crippen molar-refractivity contribution in [2.75, 3.05) is 13.2 Å². The summed E-state index contributed by atoms with van der Waals surface area (Å²) in [6.45, 7) is 1.83. The molecule has 27 heavy (non-hydrogen) atoms. The van der Waals surface area contributed by atoms with Gasteiger partial charge >= 0.3 is 6.03 Å². The number of β-amino-alcohol motifs (C(OH)–C–C–N with tert-alkyl or cyclic N) is 1. The van der Waals surface area contributed by atoms with Crippen molar-refractivity contribution in [3.05, 3.63) is 65.2 Å². The van der Waals surface area contributed by atoms with Crippen LogP contribution in [-0.2, 0) is 16.8 Å². The number of aryl methyl sites for hydroxylation is 2. The average molecular weight is 366 g/mol. The molecule has 2 atom stereocenters. The monoisotopic (exact) mass is 366 g/mol. The molecular formula is C21H22N2O4. The van der Waals surface area contributed by atoms with E-state index in [0.717, 1.165) is 28.0 Å². The van der Waals surface area contributed by atoms with Gasteiger partial charge in [0.05, 0.1) is 6.54 Å². The quantitative estimate of drug-likeness (QED) is 0.795. The number of aliphatic hydroxyl groups excluding tert-OH is 1. The molecule has 1 saturated heterocycles. The smallest absolute Gasteiger partial charge is 0.325 e. The maximum atomic E-state index is 13.1. The number of urea groups is 1. The minimum absolute atomic E-state index is 0.00546. The van der Waals surface area contributed by atoms with Crippen molar-refractivity contribution in [1.82, 2.24) is 10.2 Å². The van der Waals surface area contributed by atoms with Gasteiger partial charge in [0.15, 0.2) is 0 Å². The fraction of sp³-hybridized carbons (Fsp3) is 0.333. The third-order valence-electron chi connectivity index (χ3n) is 5.34. The van der Waals surface area contributed by atoms with Gasteiger partial charge in [0.1, 0.15) is 24.0 Å². The fourth-order valence-corrected chi connectivity index (χ4v) is 3.92. The summed E-state index contributed by atoms with van der Waals surface area (Å²) in [5, 5.41) is 13.2. The molecule has 1 aliphatic heterocycles. The predicted octanol–water partition coefficient (Wildman–Crippen LogP) is 2.13. The molecule has 2 aliphatic rings. The van der Waals surface area contributed by atoms with Gasteiger partial charge in [0, 0.05) is 0 Å². The first-order chi connectivity index (χ1) is 13.0. The molecule has 3 amide bonds. The maximum Gasteiger partial charge on any atom is 0.325 e. The molecule has 1 heterocycles. The summed E-state index contributed by atoms with van der Waals surface area (Å²) in [5.41, 5.74) is 1.90. The Labute approximate surface area is 157 Å². The highest BCUT2D eigenvalue weighted by atomic mass is 16.5. The molecular weight excluding hydrogens is 344 g/mol. The molecule has 0 radical (unpaired) electrons. The number of ether oxygens (including phenoxy) is 1. The van der Waals surface area contributed by atoms with E-state index in [9.17, 15) is 14.7 Å². The summed E-state index contributed by atoms with van der Waals surface area (Å²) in [5.74, 6) is 0.377. The number of nitrogens with zero attached hydrogens (tertiary/aromatic N) is 1. The van der Waals surface area contributed by atoms with Crippen molar-refractivity contribution < 1.29 is 19.4 Å². The van der Waals surface area contributed by atoms with E-state index in [4.69, 9.17) is 4.74 Å². The van der Waals surface area contributed by atoms with Crippen LogP contribution in [0, 0.1) is 6.92 Å². The molecule has 0 bridgehead atoms. The molecule has 1 spiro atoms. The zero-order chi connectivity index (χ0) is 19.0. The average Bonchev–Trinajstić information content (AvgIpc) is 3.15. The first-order valence-corrected chi connectivity index (χ1v) is 9.10. The molecule has 2 aromatic rings. The number of hydrogen-bond acceptors (Lipinski definition) is 4. The summed E-state index contributed by atoms with van der Waals surface area (Å²) >= 11 is 0. The van der Waals surface area contributed by atoms with Gasteiger partial charge in [-0.05, 0) is 42.5 Å². The molecule has 4 rings (SSSR count). The summed E-state index contributed by atoms with van der Waals surface area (Å²) in [7, 11) is 0. The lowest BCUT2D eigenvalue weighted by atomic mass is 9.92. The normalized spacial score (nSPS) is 22.1. The topological polar surface area (TPSA) is 78.9 Å². The highest BCUT2D eigenvalue weighted by Gasteiger charge is 2.55. The van der Waals surface area contributed by atoms with E-state index in [1.165, 1.54) is 0 Å². The zero-order valence-electron chi connectivity index (χ0n) is 15.1. The second kappa shape index (κ2) is 6.70. The van der Waals surface area contributed by atoms with Crippen LogP contribution in [0.5, 0.6) is 5.75 Å². The Kier molecular flexibility index (Phi) is 4.36. The van der Waals surface area contributed by atoms with Gasteiger partial charge in [-0.1, -0.05) is 42.5 Å². The Bertz CT molecular complexity index is 897. The van der Waals surface area contributed by atoms with Gasteiger partial charge < -0.3 is 15.2 Å². The SMILES string of the molecule is Cc1ccccc1OC[C@@H](O)CN1C(=O)N[C@]2(CCc3ccccc32)C1=O. The Morgan fingerprint density at radius 2 is 1.93 bits per heavy atom. The number of fused-ring (bicyclic) bond motifs is 2. The molecule has 0 saturated carbocycles. The van der Waals surface area contributed by atoms with E-state index in [1.807, 2.05) is 55.5 Å². The van der Waals surface area contributed by atoms with Gasteiger partial charge in [0.2, 0.25) is 0 Å². The van der Waals surface area contributed by atoms with Crippen molar-refractivity contribution in [3.63, 3.8) is 0 Å². The molecule has 1 fully saturated rings. The summed E-state index contributed by atoms with van der Waals surface area (Å²) < 4.78 is 5.63. The molecule has 6 nitrogen and oxygen atoms in total. The van der Waals surface area contributed by atoms with E-state index < -0.39 is 17.7 Å². The van der Waals surface area contributed by atoms with Crippen LogP contribution in [0.2, 0.25) is 0 Å². The fourth-order valence-electron chi connectivity index (χ4n) is 3.92. The summed E-state index contributed by atoms with van der Waals surface area (Å²) in [6.07, 6.45) is 0.323. The van der Waals surface area contributed by atoms with E-state index in [0.29, 0.717) is 12.2 Å². The summed E-state index contributed by atoms with van der Waals surface area (Å²) in [6, 6.07) is 14.7. The minimum atomic E-state index is -0.996. The van der Waals surface area contributed by atoms with Crippen molar-refractivity contribution >= 4 is 11.9 Å². The number of amides is 3. The van der Waals surface area contributed by atoms with Gasteiger partial charge in [-0.25, -0.2) is 4.79 Å². The summed E-state index contributed by atoms with van der Waals surface area (Å²) in [4.78, 5) is 26.6.